The van der Waals surface area contributed by atoms with Crippen molar-refractivity contribution in [3.8, 4) is 11.1 Å². The second kappa shape index (κ2) is 8.93. The molecule has 0 bridgehead atoms. The molecule has 0 fully saturated rings. The molecule has 4 aromatic rings. The van der Waals surface area contributed by atoms with E-state index in [1.165, 1.54) is 23.0 Å². The Kier molecular flexibility index (Phi) is 5.68. The third-order valence-corrected chi connectivity index (χ3v) is 5.91. The van der Waals surface area contributed by atoms with E-state index in [0.29, 0.717) is 11.0 Å². The Bertz CT molecular complexity index is 1310. The number of carbonyl (C=O) groups is 1. The molecule has 0 radical (unpaired) electrons. The van der Waals surface area contributed by atoms with Crippen molar-refractivity contribution in [1.82, 2.24) is 20.3 Å². The number of carboxylic acid groups (broad SMARTS) is 1. The van der Waals surface area contributed by atoms with Gasteiger partial charge >= 0.3 is 5.97 Å². The van der Waals surface area contributed by atoms with Gasteiger partial charge in [0.25, 0.3) is 0 Å². The highest BCUT2D eigenvalue weighted by Gasteiger charge is 2.26. The van der Waals surface area contributed by atoms with Crippen LogP contribution < -0.4 is 10.2 Å². The van der Waals surface area contributed by atoms with Gasteiger partial charge in [0, 0.05) is 25.0 Å². The lowest BCUT2D eigenvalue weighted by Crippen LogP contribution is -2.39. The Labute approximate surface area is 190 Å². The molecule has 3 heterocycles. The molecule has 0 saturated heterocycles. The average molecular weight is 441 g/mol. The summed E-state index contributed by atoms with van der Waals surface area (Å²) in [5.74, 6) is -0.347. The van der Waals surface area contributed by atoms with E-state index in [0.717, 1.165) is 30.0 Å². The first-order chi connectivity index (χ1) is 16.2. The van der Waals surface area contributed by atoms with E-state index in [9.17, 15) is 9.90 Å². The number of nitrogens with one attached hydrogen (secondary N) is 1. The number of rotatable bonds is 7. The Balaban J connectivity index is 1.47. The van der Waals surface area contributed by atoms with Crippen molar-refractivity contribution in [2.24, 2.45) is 0 Å². The zero-order chi connectivity index (χ0) is 22.8. The highest BCUT2D eigenvalue weighted by Crippen LogP contribution is 2.40. The first-order valence-corrected chi connectivity index (χ1v) is 10.8. The van der Waals surface area contributed by atoms with Crippen LogP contribution in [0.1, 0.15) is 11.1 Å². The number of aliphatic hydroxyl groups excluding tert-OH is 1. The summed E-state index contributed by atoms with van der Waals surface area (Å²) in [7, 11) is 0. The number of aliphatic carboxylic acids is 1. The van der Waals surface area contributed by atoms with Crippen molar-refractivity contribution < 1.29 is 15.0 Å². The molecule has 1 aliphatic heterocycles. The molecule has 33 heavy (non-hydrogen) atoms. The van der Waals surface area contributed by atoms with E-state index < -0.39 is 18.6 Å². The molecular weight excluding hydrogens is 418 g/mol. The van der Waals surface area contributed by atoms with Gasteiger partial charge in [0.1, 0.15) is 17.9 Å². The Morgan fingerprint density at radius 1 is 1.09 bits per heavy atom. The van der Waals surface area contributed by atoms with Gasteiger partial charge in [0.2, 0.25) is 0 Å². The van der Waals surface area contributed by atoms with Crippen LogP contribution in [0.15, 0.2) is 67.1 Å². The second-order valence-electron chi connectivity index (χ2n) is 7.93. The van der Waals surface area contributed by atoms with Crippen LogP contribution in [0.5, 0.6) is 0 Å². The number of benzene rings is 2. The highest BCUT2D eigenvalue weighted by molar-refractivity contribution is 5.90. The van der Waals surface area contributed by atoms with E-state index in [4.69, 9.17) is 5.11 Å². The fourth-order valence-electron chi connectivity index (χ4n) is 4.28. The number of aliphatic hydroxyl groups is 1. The quantitative estimate of drug-likeness (QED) is 0.401. The fourth-order valence-corrected chi connectivity index (χ4v) is 4.28. The predicted octanol–water partition coefficient (Wildman–Crippen LogP) is 2.92. The largest absolute Gasteiger partial charge is 0.480 e. The molecule has 2 aromatic carbocycles. The molecule has 1 aliphatic rings. The van der Waals surface area contributed by atoms with Gasteiger partial charge in [-0.2, -0.15) is 0 Å². The fraction of sp³-hybridized carbons (Fsp3) is 0.200. The molecular formula is C25H23N5O3. The van der Waals surface area contributed by atoms with Crippen molar-refractivity contribution in [2.75, 3.05) is 18.1 Å². The average Bonchev–Trinajstić information content (AvgIpc) is 3.28. The first-order valence-electron chi connectivity index (χ1n) is 10.8. The van der Waals surface area contributed by atoms with Gasteiger partial charge in [0.15, 0.2) is 5.82 Å². The number of hydrogen-bond donors (Lipinski definition) is 3. The monoisotopic (exact) mass is 441 g/mol. The molecule has 0 aliphatic carbocycles. The molecule has 0 unspecified atom stereocenters. The van der Waals surface area contributed by atoms with Crippen molar-refractivity contribution in [2.45, 2.75) is 19.0 Å². The minimum atomic E-state index is -1.10. The number of aromatic nitrogens is 3. The molecule has 0 saturated carbocycles. The minimum absolute atomic E-state index is 0.257. The number of nitrogens with zero attached hydrogens (tertiary/aromatic N) is 4. The van der Waals surface area contributed by atoms with Crippen LogP contribution >= 0.6 is 0 Å². The second-order valence-corrected chi connectivity index (χ2v) is 7.93. The van der Waals surface area contributed by atoms with E-state index in [-0.39, 0.29) is 6.54 Å². The van der Waals surface area contributed by atoms with Crippen LogP contribution in [-0.4, -0.2) is 50.3 Å². The van der Waals surface area contributed by atoms with Crippen LogP contribution in [-0.2, 0) is 17.8 Å². The van der Waals surface area contributed by atoms with E-state index >= 15 is 0 Å². The number of anilines is 2. The zero-order valence-corrected chi connectivity index (χ0v) is 17.8. The summed E-state index contributed by atoms with van der Waals surface area (Å²) in [6, 6.07) is 17.6. The van der Waals surface area contributed by atoms with Crippen LogP contribution in [0.3, 0.4) is 0 Å². The summed E-state index contributed by atoms with van der Waals surface area (Å²) in [6.07, 6.45) is 4.13. The van der Waals surface area contributed by atoms with Gasteiger partial charge in [-0.3, -0.25) is 15.1 Å². The maximum absolute atomic E-state index is 11.1. The van der Waals surface area contributed by atoms with E-state index in [2.05, 4.69) is 67.6 Å². The van der Waals surface area contributed by atoms with Gasteiger partial charge in [-0.05, 0) is 40.8 Å². The topological polar surface area (TPSA) is 111 Å². The first kappa shape index (κ1) is 21.0. The molecule has 0 amide bonds. The molecule has 2 aromatic heterocycles. The van der Waals surface area contributed by atoms with Crippen LogP contribution in [0.25, 0.3) is 22.2 Å². The normalized spacial score (nSPS) is 13.8. The Morgan fingerprint density at radius 2 is 1.94 bits per heavy atom. The molecule has 1 atom stereocenters. The summed E-state index contributed by atoms with van der Waals surface area (Å²) in [6.45, 7) is 0.571. The lowest BCUT2D eigenvalue weighted by molar-refractivity contribution is -0.140. The van der Waals surface area contributed by atoms with Crippen molar-refractivity contribution in [3.05, 3.63) is 78.2 Å². The number of carboxylic acids is 1. The zero-order valence-electron chi connectivity index (χ0n) is 17.8. The van der Waals surface area contributed by atoms with Gasteiger partial charge < -0.3 is 15.1 Å². The summed E-state index contributed by atoms with van der Waals surface area (Å²) < 4.78 is 0. The smallest absolute Gasteiger partial charge is 0.323 e. The number of fused-ring (bicyclic) bond motifs is 2. The summed E-state index contributed by atoms with van der Waals surface area (Å²) in [4.78, 5) is 26.8. The Morgan fingerprint density at radius 3 is 2.73 bits per heavy atom. The number of pyridine rings is 1. The maximum atomic E-state index is 11.1. The molecule has 8 heteroatoms. The lowest BCUT2D eigenvalue weighted by atomic mass is 9.98. The maximum Gasteiger partial charge on any atom is 0.323 e. The SMILES string of the molecule is O=C(O)[C@H](CO)NCc1cnc2c(N3CCc4c(-c5ccccc5)cccc43)ncnc2c1. The van der Waals surface area contributed by atoms with E-state index in [1.54, 1.807) is 6.20 Å². The third-order valence-electron chi connectivity index (χ3n) is 5.91. The third kappa shape index (κ3) is 4.02. The van der Waals surface area contributed by atoms with E-state index in [1.807, 2.05) is 12.1 Å². The number of hydrogen-bond acceptors (Lipinski definition) is 7. The van der Waals surface area contributed by atoms with Crippen LogP contribution in [0.4, 0.5) is 11.5 Å². The van der Waals surface area contributed by atoms with Crippen molar-refractivity contribution >= 4 is 28.5 Å². The molecule has 8 nitrogen and oxygen atoms in total. The molecule has 0 spiro atoms. The lowest BCUT2D eigenvalue weighted by Gasteiger charge is -2.20. The van der Waals surface area contributed by atoms with Crippen molar-refractivity contribution in [1.29, 1.82) is 0 Å². The minimum Gasteiger partial charge on any atom is -0.480 e. The summed E-state index contributed by atoms with van der Waals surface area (Å²) in [5.41, 5.74) is 6.99. The molecule has 3 N–H and O–H groups in total. The van der Waals surface area contributed by atoms with Gasteiger partial charge in [-0.1, -0.05) is 42.5 Å². The van der Waals surface area contributed by atoms with Gasteiger partial charge in [-0.25, -0.2) is 9.97 Å². The summed E-state index contributed by atoms with van der Waals surface area (Å²) in [5, 5.41) is 21.1. The predicted molar refractivity (Wildman–Crippen MR) is 125 cm³/mol. The van der Waals surface area contributed by atoms with Crippen molar-refractivity contribution in [3.63, 3.8) is 0 Å². The van der Waals surface area contributed by atoms with Crippen LogP contribution in [0.2, 0.25) is 0 Å². The van der Waals surface area contributed by atoms with Crippen LogP contribution in [0, 0.1) is 0 Å². The standard InChI is InChI=1S/C25H23N5O3/c31-14-21(25(32)33)26-12-16-11-20-23(27-13-16)24(29-15-28-20)30-10-9-19-18(7-4-8-22(19)30)17-5-2-1-3-6-17/h1-8,11,13,15,21,26,31H,9-10,12,14H2,(H,32,33)/t21-/m0/s1. The molecule has 5 rings (SSSR count). The highest BCUT2D eigenvalue weighted by atomic mass is 16.4. The molecule has 166 valence electrons. The van der Waals surface area contributed by atoms with Gasteiger partial charge in [-0.15, -0.1) is 0 Å². The Hall–Kier alpha value is -3.88. The van der Waals surface area contributed by atoms with Gasteiger partial charge in [0.05, 0.1) is 12.1 Å². The summed E-state index contributed by atoms with van der Waals surface area (Å²) >= 11 is 0.